The van der Waals surface area contributed by atoms with Gasteiger partial charge in [0.1, 0.15) is 6.61 Å². The molecule has 2 nitrogen and oxygen atoms in total. The van der Waals surface area contributed by atoms with Crippen molar-refractivity contribution in [2.45, 2.75) is 13.2 Å². The standard InChI is InChI=1S/C14H11F4NO/c15-10-5-11(16)13(18)14(12(10)17)20-7-9-3-1-8(6-19)2-4-9/h1-5H,6-7,19H2. The molecule has 2 rings (SSSR count). The average molecular weight is 285 g/mol. The van der Waals surface area contributed by atoms with Crippen LogP contribution < -0.4 is 10.5 Å². The second-order valence-electron chi connectivity index (χ2n) is 4.11. The van der Waals surface area contributed by atoms with Crippen LogP contribution in [0.1, 0.15) is 11.1 Å². The molecule has 0 spiro atoms. The van der Waals surface area contributed by atoms with Crippen LogP contribution in [0.2, 0.25) is 0 Å². The summed E-state index contributed by atoms with van der Waals surface area (Å²) >= 11 is 0. The van der Waals surface area contributed by atoms with Gasteiger partial charge in [-0.05, 0) is 11.1 Å². The third kappa shape index (κ3) is 2.91. The van der Waals surface area contributed by atoms with Crippen LogP contribution in [0.25, 0.3) is 0 Å². The van der Waals surface area contributed by atoms with Crippen molar-refractivity contribution in [3.05, 3.63) is 64.7 Å². The molecule has 2 aromatic rings. The van der Waals surface area contributed by atoms with Gasteiger partial charge in [0.2, 0.25) is 11.6 Å². The topological polar surface area (TPSA) is 35.2 Å². The zero-order valence-corrected chi connectivity index (χ0v) is 10.3. The molecule has 20 heavy (non-hydrogen) atoms. The fourth-order valence-electron chi connectivity index (χ4n) is 1.61. The van der Waals surface area contributed by atoms with Gasteiger partial charge in [-0.15, -0.1) is 0 Å². The van der Waals surface area contributed by atoms with E-state index >= 15 is 0 Å². The van der Waals surface area contributed by atoms with Gasteiger partial charge < -0.3 is 10.5 Å². The van der Waals surface area contributed by atoms with Crippen molar-refractivity contribution >= 4 is 0 Å². The Kier molecular flexibility index (Phi) is 4.24. The van der Waals surface area contributed by atoms with E-state index < -0.39 is 29.0 Å². The van der Waals surface area contributed by atoms with Crippen molar-refractivity contribution in [1.29, 1.82) is 0 Å². The summed E-state index contributed by atoms with van der Waals surface area (Å²) < 4.78 is 57.4. The quantitative estimate of drug-likeness (QED) is 0.691. The summed E-state index contributed by atoms with van der Waals surface area (Å²) in [6.45, 7) is 0.140. The predicted molar refractivity (Wildman–Crippen MR) is 64.9 cm³/mol. The third-order valence-corrected chi connectivity index (χ3v) is 2.71. The van der Waals surface area contributed by atoms with E-state index in [-0.39, 0.29) is 12.7 Å². The lowest BCUT2D eigenvalue weighted by molar-refractivity contribution is 0.261. The van der Waals surface area contributed by atoms with Crippen molar-refractivity contribution < 1.29 is 22.3 Å². The maximum absolute atomic E-state index is 13.3. The summed E-state index contributed by atoms with van der Waals surface area (Å²) in [5.74, 6) is -7.18. The predicted octanol–water partition coefficient (Wildman–Crippen LogP) is 3.28. The van der Waals surface area contributed by atoms with E-state index in [2.05, 4.69) is 0 Å². The van der Waals surface area contributed by atoms with Crippen LogP contribution >= 0.6 is 0 Å². The summed E-state index contributed by atoms with van der Waals surface area (Å²) in [6, 6.07) is 6.87. The van der Waals surface area contributed by atoms with Gasteiger partial charge in [-0.2, -0.15) is 8.78 Å². The Balaban J connectivity index is 2.18. The lowest BCUT2D eigenvalue weighted by Gasteiger charge is -2.09. The Labute approximate surface area is 112 Å². The van der Waals surface area contributed by atoms with Gasteiger partial charge in [-0.1, -0.05) is 24.3 Å². The first-order chi connectivity index (χ1) is 9.52. The number of nitrogens with two attached hydrogens (primary N) is 1. The molecule has 0 bridgehead atoms. The molecule has 0 atom stereocenters. The highest BCUT2D eigenvalue weighted by Crippen LogP contribution is 2.27. The van der Waals surface area contributed by atoms with Crippen LogP contribution in [-0.4, -0.2) is 0 Å². The number of hydrogen-bond acceptors (Lipinski definition) is 2. The highest BCUT2D eigenvalue weighted by Gasteiger charge is 2.20. The highest BCUT2D eigenvalue weighted by atomic mass is 19.2. The van der Waals surface area contributed by atoms with Crippen molar-refractivity contribution in [1.82, 2.24) is 0 Å². The zero-order chi connectivity index (χ0) is 14.7. The Morgan fingerprint density at radius 2 is 1.35 bits per heavy atom. The van der Waals surface area contributed by atoms with Crippen LogP contribution in [0, 0.1) is 23.3 Å². The van der Waals surface area contributed by atoms with Crippen molar-refractivity contribution in [2.75, 3.05) is 0 Å². The molecule has 0 aliphatic heterocycles. The first-order valence-electron chi connectivity index (χ1n) is 5.76. The molecule has 2 N–H and O–H groups in total. The Morgan fingerprint density at radius 3 is 1.85 bits per heavy atom. The fourth-order valence-corrected chi connectivity index (χ4v) is 1.61. The van der Waals surface area contributed by atoms with E-state index in [0.29, 0.717) is 12.1 Å². The number of benzene rings is 2. The van der Waals surface area contributed by atoms with Crippen molar-refractivity contribution in [3.63, 3.8) is 0 Å². The number of halogens is 4. The SMILES string of the molecule is NCc1ccc(COc2c(F)c(F)cc(F)c2F)cc1. The van der Waals surface area contributed by atoms with E-state index in [0.717, 1.165) is 5.56 Å². The molecule has 0 saturated heterocycles. The van der Waals surface area contributed by atoms with Gasteiger partial charge in [0.05, 0.1) is 0 Å². The van der Waals surface area contributed by atoms with Crippen molar-refractivity contribution in [2.24, 2.45) is 5.73 Å². The van der Waals surface area contributed by atoms with Crippen LogP contribution in [0.5, 0.6) is 5.75 Å². The molecule has 2 aromatic carbocycles. The first kappa shape index (κ1) is 14.3. The zero-order valence-electron chi connectivity index (χ0n) is 10.3. The van der Waals surface area contributed by atoms with Crippen LogP contribution in [-0.2, 0) is 13.2 Å². The van der Waals surface area contributed by atoms with E-state index in [1.54, 1.807) is 24.3 Å². The highest BCUT2D eigenvalue weighted by molar-refractivity contribution is 5.29. The van der Waals surface area contributed by atoms with E-state index in [1.807, 2.05) is 0 Å². The van der Waals surface area contributed by atoms with Crippen LogP contribution in [0.15, 0.2) is 30.3 Å². The van der Waals surface area contributed by atoms with E-state index in [1.165, 1.54) is 0 Å². The maximum atomic E-state index is 13.3. The molecular formula is C14H11F4NO. The molecule has 0 amide bonds. The van der Waals surface area contributed by atoms with Crippen LogP contribution in [0.3, 0.4) is 0 Å². The molecule has 106 valence electrons. The first-order valence-corrected chi connectivity index (χ1v) is 5.76. The smallest absolute Gasteiger partial charge is 0.203 e. The van der Waals surface area contributed by atoms with Crippen molar-refractivity contribution in [3.8, 4) is 5.75 Å². The van der Waals surface area contributed by atoms with Gasteiger partial charge in [0, 0.05) is 12.6 Å². The second kappa shape index (κ2) is 5.92. The molecule has 0 fully saturated rings. The molecule has 0 saturated carbocycles. The Bertz CT molecular complexity index is 587. The summed E-state index contributed by atoms with van der Waals surface area (Å²) in [4.78, 5) is 0. The summed E-state index contributed by atoms with van der Waals surface area (Å²) in [5, 5.41) is 0. The van der Waals surface area contributed by atoms with Gasteiger partial charge in [0.15, 0.2) is 17.4 Å². The molecular weight excluding hydrogens is 274 g/mol. The second-order valence-corrected chi connectivity index (χ2v) is 4.11. The molecule has 0 heterocycles. The molecule has 6 heteroatoms. The summed E-state index contributed by atoms with van der Waals surface area (Å²) in [7, 11) is 0. The maximum Gasteiger partial charge on any atom is 0.203 e. The third-order valence-electron chi connectivity index (χ3n) is 2.71. The minimum absolute atomic E-state index is 0.133. The molecule has 0 aliphatic carbocycles. The average Bonchev–Trinajstić information content (AvgIpc) is 2.46. The van der Waals surface area contributed by atoms with Gasteiger partial charge in [-0.25, -0.2) is 8.78 Å². The monoisotopic (exact) mass is 285 g/mol. The normalized spacial score (nSPS) is 10.7. The van der Waals surface area contributed by atoms with Gasteiger partial charge in [0.25, 0.3) is 0 Å². The van der Waals surface area contributed by atoms with Crippen LogP contribution in [0.4, 0.5) is 17.6 Å². The number of rotatable bonds is 4. The van der Waals surface area contributed by atoms with E-state index in [4.69, 9.17) is 10.5 Å². The molecule has 0 radical (unpaired) electrons. The minimum atomic E-state index is -1.55. The lowest BCUT2D eigenvalue weighted by atomic mass is 10.1. The summed E-state index contributed by atoms with van der Waals surface area (Å²) in [6.07, 6.45) is 0. The number of ether oxygens (including phenoxy) is 1. The molecule has 0 aliphatic rings. The minimum Gasteiger partial charge on any atom is -0.483 e. The molecule has 0 unspecified atom stereocenters. The molecule has 0 aromatic heterocycles. The fraction of sp³-hybridized carbons (Fsp3) is 0.143. The Hall–Kier alpha value is -2.08. The van der Waals surface area contributed by atoms with Gasteiger partial charge >= 0.3 is 0 Å². The number of hydrogen-bond donors (Lipinski definition) is 1. The van der Waals surface area contributed by atoms with Gasteiger partial charge in [-0.3, -0.25) is 0 Å². The van der Waals surface area contributed by atoms with E-state index in [9.17, 15) is 17.6 Å². The lowest BCUT2D eigenvalue weighted by Crippen LogP contribution is -2.04. The largest absolute Gasteiger partial charge is 0.483 e. The Morgan fingerprint density at radius 1 is 0.850 bits per heavy atom. The summed E-state index contributed by atoms with van der Waals surface area (Å²) in [5.41, 5.74) is 6.89.